The lowest BCUT2D eigenvalue weighted by atomic mass is 10.0. The summed E-state index contributed by atoms with van der Waals surface area (Å²) in [5.41, 5.74) is 2.13. The molecule has 0 spiro atoms. The van der Waals surface area contributed by atoms with E-state index in [0.29, 0.717) is 13.0 Å². The van der Waals surface area contributed by atoms with Crippen molar-refractivity contribution in [2.24, 2.45) is 5.92 Å². The summed E-state index contributed by atoms with van der Waals surface area (Å²) in [5, 5.41) is 14.2. The zero-order valence-electron chi connectivity index (χ0n) is 12.1. The predicted molar refractivity (Wildman–Crippen MR) is 77.4 cm³/mol. The molecular weight excluding hydrogens is 256 g/mol. The highest BCUT2D eigenvalue weighted by molar-refractivity contribution is 5.82. The van der Waals surface area contributed by atoms with Gasteiger partial charge in [0.05, 0.1) is 0 Å². The smallest absolute Gasteiger partial charge is 0.326 e. The Hall–Kier alpha value is -2.04. The minimum absolute atomic E-state index is 0.202. The van der Waals surface area contributed by atoms with Gasteiger partial charge in [-0.1, -0.05) is 43.7 Å². The highest BCUT2D eigenvalue weighted by Gasteiger charge is 2.20. The highest BCUT2D eigenvalue weighted by Crippen LogP contribution is 2.05. The third-order valence-corrected chi connectivity index (χ3v) is 2.88. The molecule has 0 saturated carbocycles. The minimum Gasteiger partial charge on any atom is -0.480 e. The summed E-state index contributed by atoms with van der Waals surface area (Å²) in [5.74, 6) is -0.808. The number of amides is 2. The van der Waals surface area contributed by atoms with Gasteiger partial charge in [-0.25, -0.2) is 9.59 Å². The molecule has 0 fully saturated rings. The van der Waals surface area contributed by atoms with E-state index in [0.717, 1.165) is 11.1 Å². The van der Waals surface area contributed by atoms with E-state index >= 15 is 0 Å². The van der Waals surface area contributed by atoms with Crippen molar-refractivity contribution in [2.45, 2.75) is 39.8 Å². The summed E-state index contributed by atoms with van der Waals surface area (Å²) in [7, 11) is 0. The van der Waals surface area contributed by atoms with Crippen LogP contribution in [0.5, 0.6) is 0 Å². The largest absolute Gasteiger partial charge is 0.480 e. The Balaban J connectivity index is 2.45. The lowest BCUT2D eigenvalue weighted by Crippen LogP contribution is -2.46. The monoisotopic (exact) mass is 278 g/mol. The van der Waals surface area contributed by atoms with Crippen LogP contribution in [-0.2, 0) is 11.3 Å². The summed E-state index contributed by atoms with van der Waals surface area (Å²) in [6, 6.07) is 6.48. The number of hydrogen-bond donors (Lipinski definition) is 3. The molecular formula is C15H22N2O3. The van der Waals surface area contributed by atoms with Crippen LogP contribution in [0.1, 0.15) is 31.4 Å². The second-order valence-corrected chi connectivity index (χ2v) is 5.33. The number of carboxylic acids is 1. The zero-order valence-corrected chi connectivity index (χ0v) is 12.1. The van der Waals surface area contributed by atoms with Crippen molar-refractivity contribution in [1.82, 2.24) is 10.6 Å². The van der Waals surface area contributed by atoms with Crippen molar-refractivity contribution in [1.29, 1.82) is 0 Å². The van der Waals surface area contributed by atoms with Gasteiger partial charge in [-0.2, -0.15) is 0 Å². The molecule has 1 atom stereocenters. The Morgan fingerprint density at radius 2 is 1.80 bits per heavy atom. The van der Waals surface area contributed by atoms with Crippen LogP contribution in [0.2, 0.25) is 0 Å². The van der Waals surface area contributed by atoms with Crippen LogP contribution in [-0.4, -0.2) is 23.1 Å². The fourth-order valence-electron chi connectivity index (χ4n) is 1.79. The van der Waals surface area contributed by atoms with E-state index in [1.54, 1.807) is 0 Å². The van der Waals surface area contributed by atoms with Gasteiger partial charge in [0, 0.05) is 6.54 Å². The Morgan fingerprint density at radius 1 is 1.20 bits per heavy atom. The Kier molecular flexibility index (Phi) is 6.03. The van der Waals surface area contributed by atoms with Crippen LogP contribution in [0.3, 0.4) is 0 Å². The molecule has 5 nitrogen and oxygen atoms in total. The van der Waals surface area contributed by atoms with Gasteiger partial charge in [0.15, 0.2) is 0 Å². The molecule has 0 aliphatic rings. The van der Waals surface area contributed by atoms with E-state index in [9.17, 15) is 9.59 Å². The van der Waals surface area contributed by atoms with Crippen LogP contribution < -0.4 is 10.6 Å². The number of nitrogens with one attached hydrogen (secondary N) is 2. The maximum absolute atomic E-state index is 11.7. The van der Waals surface area contributed by atoms with Gasteiger partial charge < -0.3 is 15.7 Å². The fraction of sp³-hybridized carbons (Fsp3) is 0.467. The Morgan fingerprint density at radius 3 is 2.30 bits per heavy atom. The van der Waals surface area contributed by atoms with E-state index in [4.69, 9.17) is 5.11 Å². The summed E-state index contributed by atoms with van der Waals surface area (Å²) >= 11 is 0. The number of carbonyl (C=O) groups is 2. The molecule has 0 unspecified atom stereocenters. The number of rotatable bonds is 6. The molecule has 0 heterocycles. The molecule has 0 radical (unpaired) electrons. The van der Waals surface area contributed by atoms with Crippen molar-refractivity contribution >= 4 is 12.0 Å². The normalized spacial score (nSPS) is 12.0. The van der Waals surface area contributed by atoms with Gasteiger partial charge in [0.25, 0.3) is 0 Å². The summed E-state index contributed by atoms with van der Waals surface area (Å²) in [6.45, 7) is 6.21. The second kappa shape index (κ2) is 7.53. The van der Waals surface area contributed by atoms with Crippen LogP contribution >= 0.6 is 0 Å². The lowest BCUT2D eigenvalue weighted by Gasteiger charge is -2.17. The molecule has 0 bridgehead atoms. The van der Waals surface area contributed by atoms with Crippen LogP contribution in [0.15, 0.2) is 24.3 Å². The highest BCUT2D eigenvalue weighted by atomic mass is 16.4. The molecule has 20 heavy (non-hydrogen) atoms. The van der Waals surface area contributed by atoms with Crippen molar-refractivity contribution < 1.29 is 14.7 Å². The number of urea groups is 1. The van der Waals surface area contributed by atoms with E-state index < -0.39 is 18.0 Å². The summed E-state index contributed by atoms with van der Waals surface area (Å²) in [6.07, 6.45) is 0.410. The average molecular weight is 278 g/mol. The fourth-order valence-corrected chi connectivity index (χ4v) is 1.79. The molecule has 2 amide bonds. The number of carboxylic acid groups (broad SMARTS) is 1. The topological polar surface area (TPSA) is 78.4 Å². The van der Waals surface area contributed by atoms with Crippen molar-refractivity contribution in [3.8, 4) is 0 Å². The van der Waals surface area contributed by atoms with Gasteiger partial charge in [-0.05, 0) is 24.8 Å². The Bertz CT molecular complexity index is 455. The molecule has 1 rings (SSSR count). The quantitative estimate of drug-likeness (QED) is 0.747. The first-order valence-electron chi connectivity index (χ1n) is 6.71. The summed E-state index contributed by atoms with van der Waals surface area (Å²) in [4.78, 5) is 22.7. The molecule has 1 aromatic rings. The number of carbonyl (C=O) groups excluding carboxylic acids is 1. The molecule has 0 aliphatic carbocycles. The molecule has 3 N–H and O–H groups in total. The van der Waals surface area contributed by atoms with Gasteiger partial charge in [0.1, 0.15) is 6.04 Å². The first-order chi connectivity index (χ1) is 9.38. The number of aryl methyl sites for hydroxylation is 1. The number of hydrogen-bond acceptors (Lipinski definition) is 2. The van der Waals surface area contributed by atoms with Gasteiger partial charge in [-0.3, -0.25) is 0 Å². The van der Waals surface area contributed by atoms with E-state index in [1.165, 1.54) is 0 Å². The standard InChI is InChI=1S/C15H22N2O3/c1-10(2)8-13(14(18)19)17-15(20)16-9-12-6-4-11(3)5-7-12/h4-7,10,13H,8-9H2,1-3H3,(H,18,19)(H2,16,17,20)/t13-/m0/s1. The van der Waals surface area contributed by atoms with Crippen molar-refractivity contribution in [2.75, 3.05) is 0 Å². The lowest BCUT2D eigenvalue weighted by molar-refractivity contribution is -0.139. The van der Waals surface area contributed by atoms with Gasteiger partial charge in [0.2, 0.25) is 0 Å². The number of aliphatic carboxylic acids is 1. The molecule has 1 aromatic carbocycles. The van der Waals surface area contributed by atoms with Gasteiger partial charge in [-0.15, -0.1) is 0 Å². The van der Waals surface area contributed by atoms with E-state index in [1.807, 2.05) is 45.0 Å². The van der Waals surface area contributed by atoms with E-state index in [2.05, 4.69) is 10.6 Å². The zero-order chi connectivity index (χ0) is 15.1. The van der Waals surface area contributed by atoms with Crippen LogP contribution in [0.25, 0.3) is 0 Å². The van der Waals surface area contributed by atoms with E-state index in [-0.39, 0.29) is 5.92 Å². The molecule has 110 valence electrons. The molecule has 0 aliphatic heterocycles. The molecule has 0 saturated heterocycles. The third-order valence-electron chi connectivity index (χ3n) is 2.88. The van der Waals surface area contributed by atoms with Gasteiger partial charge >= 0.3 is 12.0 Å². The van der Waals surface area contributed by atoms with Crippen LogP contribution in [0, 0.1) is 12.8 Å². The molecule has 5 heteroatoms. The third kappa shape index (κ3) is 5.73. The maximum atomic E-state index is 11.7. The Labute approximate surface area is 119 Å². The number of benzene rings is 1. The SMILES string of the molecule is Cc1ccc(CNC(=O)N[C@@H](CC(C)C)C(=O)O)cc1. The maximum Gasteiger partial charge on any atom is 0.326 e. The first-order valence-corrected chi connectivity index (χ1v) is 6.71. The predicted octanol–water partition coefficient (Wildman–Crippen LogP) is 2.29. The molecule has 0 aromatic heterocycles. The van der Waals surface area contributed by atoms with Crippen LogP contribution in [0.4, 0.5) is 4.79 Å². The minimum atomic E-state index is -1.01. The average Bonchev–Trinajstić information content (AvgIpc) is 2.36. The van der Waals surface area contributed by atoms with Crippen molar-refractivity contribution in [3.05, 3.63) is 35.4 Å². The summed E-state index contributed by atoms with van der Waals surface area (Å²) < 4.78 is 0. The first kappa shape index (κ1) is 16.0. The van der Waals surface area contributed by atoms with Crippen molar-refractivity contribution in [3.63, 3.8) is 0 Å². The second-order valence-electron chi connectivity index (χ2n) is 5.33.